The standard InChI is InChI=1S/C14H16FN3O4.C10H10FN3O3.C6H13O5P/c1-2-22-13(19)8-10-5-7-17(9-11(10)15)12-4-3-6-16-14(12)18(20)21;11-7-6-13(5-3-9(7)15)8-2-1-4-12-10(8)14(16)17;1-4-11-6(7)5-12(8,9-2)10-3/h3-4,6,8,11H,2,5,7,9H2,1H3;1-2,4,7H,3,5-6H2;4-5H2,1-3H3/b10-8-;;. The third-order valence-corrected chi connectivity index (χ3v) is 8.90. The van der Waals surface area contributed by atoms with Crippen LogP contribution in [0.4, 0.5) is 31.8 Å². The van der Waals surface area contributed by atoms with Crippen molar-refractivity contribution in [1.82, 2.24) is 9.97 Å². The maximum Gasteiger partial charge on any atom is 0.387 e. The first kappa shape index (κ1) is 42.2. The fraction of sp³-hybridized carbons (Fsp3) is 0.500. The summed E-state index contributed by atoms with van der Waals surface area (Å²) in [5.74, 6) is -2.21. The number of ether oxygens (including phenoxy) is 2. The molecule has 0 spiro atoms. The molecule has 0 radical (unpaired) electrons. The molecule has 21 heteroatoms. The van der Waals surface area contributed by atoms with E-state index in [0.29, 0.717) is 18.5 Å². The van der Waals surface area contributed by atoms with Gasteiger partial charge in [-0.1, -0.05) is 0 Å². The van der Waals surface area contributed by atoms with Gasteiger partial charge in [-0.2, -0.15) is 0 Å². The summed E-state index contributed by atoms with van der Waals surface area (Å²) in [4.78, 5) is 64.2. The van der Waals surface area contributed by atoms with E-state index in [2.05, 4.69) is 23.8 Å². The number of esters is 2. The molecular weight excluding hydrogens is 705 g/mol. The topological polar surface area (TPSA) is 224 Å². The molecule has 4 heterocycles. The predicted octanol–water partition coefficient (Wildman–Crippen LogP) is 4.17. The zero-order valence-corrected chi connectivity index (χ0v) is 29.2. The smallest absolute Gasteiger partial charge is 0.387 e. The number of carbonyl (C=O) groups excluding carboxylic acids is 3. The molecule has 2 fully saturated rings. The molecule has 280 valence electrons. The van der Waals surface area contributed by atoms with Gasteiger partial charge in [-0.05, 0) is 69.9 Å². The van der Waals surface area contributed by atoms with Crippen LogP contribution in [0.5, 0.6) is 0 Å². The number of aromatic nitrogens is 2. The Morgan fingerprint density at radius 1 is 0.902 bits per heavy atom. The summed E-state index contributed by atoms with van der Waals surface area (Å²) in [5.41, 5.74) is 0.888. The molecule has 2 aliphatic heterocycles. The lowest BCUT2D eigenvalue weighted by atomic mass is 10.0. The number of Topliss-reactive ketones (excluding diaryl/α,β-unsaturated/α-hetero) is 1. The first-order valence-corrected chi connectivity index (χ1v) is 17.2. The molecule has 18 nitrogen and oxygen atoms in total. The third kappa shape index (κ3) is 13.0. The Balaban J connectivity index is 0.000000278. The van der Waals surface area contributed by atoms with Gasteiger partial charge in [-0.15, -0.1) is 0 Å². The average molecular weight is 745 g/mol. The zero-order chi connectivity index (χ0) is 38.1. The van der Waals surface area contributed by atoms with Crippen molar-refractivity contribution in [2.24, 2.45) is 0 Å². The molecule has 0 amide bonds. The molecule has 2 aromatic heterocycles. The van der Waals surface area contributed by atoms with Gasteiger partial charge in [0.1, 0.15) is 36.1 Å². The first-order chi connectivity index (χ1) is 24.2. The van der Waals surface area contributed by atoms with Crippen LogP contribution in [0, 0.1) is 20.2 Å². The average Bonchev–Trinajstić information content (AvgIpc) is 3.11. The second-order valence-electron chi connectivity index (χ2n) is 10.4. The summed E-state index contributed by atoms with van der Waals surface area (Å²) < 4.78 is 57.2. The lowest BCUT2D eigenvalue weighted by Crippen LogP contribution is -2.42. The highest BCUT2D eigenvalue weighted by molar-refractivity contribution is 7.54. The maximum atomic E-state index is 14.2. The zero-order valence-electron chi connectivity index (χ0n) is 28.3. The van der Waals surface area contributed by atoms with Gasteiger partial charge in [0, 0.05) is 39.8 Å². The lowest BCUT2D eigenvalue weighted by molar-refractivity contribution is -0.388. The number of carbonyl (C=O) groups is 3. The highest BCUT2D eigenvalue weighted by Crippen LogP contribution is 2.46. The van der Waals surface area contributed by atoms with Crippen molar-refractivity contribution in [1.29, 1.82) is 0 Å². The van der Waals surface area contributed by atoms with E-state index in [0.717, 1.165) is 0 Å². The fourth-order valence-corrected chi connectivity index (χ4v) is 5.48. The molecular formula is C30H39F2N6O12P. The van der Waals surface area contributed by atoms with Crippen molar-refractivity contribution in [3.8, 4) is 0 Å². The summed E-state index contributed by atoms with van der Waals surface area (Å²) in [6.45, 7) is 4.28. The number of alkyl halides is 2. The second-order valence-corrected chi connectivity index (χ2v) is 12.7. The van der Waals surface area contributed by atoms with Crippen LogP contribution in [0.15, 0.2) is 48.3 Å². The van der Waals surface area contributed by atoms with Crippen LogP contribution >= 0.6 is 7.60 Å². The van der Waals surface area contributed by atoms with Crippen LogP contribution in [0.1, 0.15) is 26.7 Å². The molecule has 0 bridgehead atoms. The SMILES string of the molecule is CCOC(=O)/C=C1/CCN(c2cccnc2[N+](=O)[O-])CC1F.CCOC(=O)CP(=O)(OC)OC.O=C1CCN(c2cccnc2[N+](=O)[O-])CC1F. The van der Waals surface area contributed by atoms with Crippen molar-refractivity contribution < 1.29 is 56.1 Å². The van der Waals surface area contributed by atoms with Crippen molar-refractivity contribution in [2.75, 3.05) is 69.6 Å². The van der Waals surface area contributed by atoms with E-state index >= 15 is 0 Å². The second kappa shape index (κ2) is 20.7. The van der Waals surface area contributed by atoms with Gasteiger partial charge in [-0.25, -0.2) is 13.6 Å². The minimum absolute atomic E-state index is 0.0578. The van der Waals surface area contributed by atoms with Crippen molar-refractivity contribution in [3.63, 3.8) is 0 Å². The minimum Gasteiger partial charge on any atom is -0.466 e. The first-order valence-electron chi connectivity index (χ1n) is 15.4. The van der Waals surface area contributed by atoms with E-state index in [9.17, 15) is 48.0 Å². The number of anilines is 2. The van der Waals surface area contributed by atoms with E-state index in [1.165, 1.54) is 49.7 Å². The molecule has 2 atom stereocenters. The summed E-state index contributed by atoms with van der Waals surface area (Å²) in [6.07, 6.45) is 0.867. The van der Waals surface area contributed by atoms with E-state index in [1.807, 2.05) is 0 Å². The van der Waals surface area contributed by atoms with Gasteiger partial charge < -0.3 is 48.5 Å². The van der Waals surface area contributed by atoms with Crippen molar-refractivity contribution >= 4 is 48.3 Å². The molecule has 2 unspecified atom stereocenters. The Kier molecular flexibility index (Phi) is 17.1. The highest BCUT2D eigenvalue weighted by Gasteiger charge is 2.31. The Labute approximate surface area is 291 Å². The highest BCUT2D eigenvalue weighted by atomic mass is 31.2. The Bertz CT molecular complexity index is 1610. The van der Waals surface area contributed by atoms with Crippen LogP contribution in [0.3, 0.4) is 0 Å². The molecule has 2 saturated heterocycles. The van der Waals surface area contributed by atoms with Crippen LogP contribution < -0.4 is 9.80 Å². The number of hydrogen-bond acceptors (Lipinski definition) is 16. The summed E-state index contributed by atoms with van der Waals surface area (Å²) in [5, 5.41) is 21.7. The Hall–Kier alpha value is -4.94. The van der Waals surface area contributed by atoms with Gasteiger partial charge in [0.2, 0.25) is 0 Å². The lowest BCUT2D eigenvalue weighted by Gasteiger charge is -2.31. The fourth-order valence-electron chi connectivity index (χ4n) is 4.67. The molecule has 4 rings (SSSR count). The summed E-state index contributed by atoms with van der Waals surface area (Å²) >= 11 is 0. The number of piperidine rings is 2. The number of halogens is 2. The number of pyridine rings is 2. The van der Waals surface area contributed by atoms with Gasteiger partial charge in [0.25, 0.3) is 0 Å². The van der Waals surface area contributed by atoms with Gasteiger partial charge in [0.15, 0.2) is 12.0 Å². The van der Waals surface area contributed by atoms with Gasteiger partial charge in [0.05, 0.1) is 26.3 Å². The Morgan fingerprint density at radius 3 is 1.82 bits per heavy atom. The predicted molar refractivity (Wildman–Crippen MR) is 178 cm³/mol. The summed E-state index contributed by atoms with van der Waals surface area (Å²) in [6, 6.07) is 6.16. The van der Waals surface area contributed by atoms with E-state index in [1.54, 1.807) is 30.9 Å². The number of hydrogen-bond donors (Lipinski definition) is 0. The molecule has 2 aromatic rings. The molecule has 0 aromatic carbocycles. The Morgan fingerprint density at radius 2 is 1.39 bits per heavy atom. The number of nitro groups is 2. The number of rotatable bonds is 11. The normalized spacial score (nSPS) is 18.1. The molecule has 51 heavy (non-hydrogen) atoms. The quantitative estimate of drug-likeness (QED) is 0.103. The van der Waals surface area contributed by atoms with Crippen molar-refractivity contribution in [2.45, 2.75) is 39.0 Å². The molecule has 0 saturated carbocycles. The van der Waals surface area contributed by atoms with Crippen LogP contribution in [-0.2, 0) is 37.5 Å². The van der Waals surface area contributed by atoms with Crippen LogP contribution in [0.2, 0.25) is 0 Å². The van der Waals surface area contributed by atoms with E-state index < -0.39 is 47.5 Å². The molecule has 0 N–H and O–H groups in total. The molecule has 2 aliphatic rings. The summed E-state index contributed by atoms with van der Waals surface area (Å²) in [7, 11) is -0.790. The number of nitrogens with zero attached hydrogens (tertiary/aromatic N) is 6. The van der Waals surface area contributed by atoms with Crippen LogP contribution in [0.25, 0.3) is 0 Å². The molecule has 0 aliphatic carbocycles. The maximum absolute atomic E-state index is 14.2. The number of ketones is 1. The van der Waals surface area contributed by atoms with Gasteiger partial charge >= 0.3 is 31.2 Å². The minimum atomic E-state index is -3.24. The van der Waals surface area contributed by atoms with Gasteiger partial charge in [-0.3, -0.25) is 14.2 Å². The van der Waals surface area contributed by atoms with Crippen molar-refractivity contribution in [3.05, 3.63) is 68.5 Å². The van der Waals surface area contributed by atoms with Crippen LogP contribution in [-0.4, -0.2) is 110 Å². The monoisotopic (exact) mass is 744 g/mol. The van der Waals surface area contributed by atoms with E-state index in [-0.39, 0.29) is 68.4 Å². The third-order valence-electron chi connectivity index (χ3n) is 7.15. The largest absolute Gasteiger partial charge is 0.466 e. The van der Waals surface area contributed by atoms with E-state index in [4.69, 9.17) is 4.74 Å².